The van der Waals surface area contributed by atoms with E-state index >= 15 is 0 Å². The molecule has 1 aliphatic carbocycles. The van der Waals surface area contributed by atoms with E-state index in [0.29, 0.717) is 0 Å². The van der Waals surface area contributed by atoms with Crippen molar-refractivity contribution in [1.29, 1.82) is 0 Å². The Bertz CT molecular complexity index is 390. The molecule has 106 valence electrons. The van der Waals surface area contributed by atoms with Gasteiger partial charge in [-0.2, -0.15) is 0 Å². The second kappa shape index (κ2) is 6.92. The number of para-hydroxylation sites is 1. The summed E-state index contributed by atoms with van der Waals surface area (Å²) in [6.45, 7) is 4.52. The number of aliphatic hydroxyl groups excluding tert-OH is 1. The minimum absolute atomic E-state index is 0.383. The quantitative estimate of drug-likeness (QED) is 0.732. The van der Waals surface area contributed by atoms with Crippen LogP contribution < -0.4 is 4.90 Å². The first-order valence-electron chi connectivity index (χ1n) is 7.28. The van der Waals surface area contributed by atoms with Gasteiger partial charge in [0.1, 0.15) is 0 Å². The largest absolute Gasteiger partial charge is 0.388 e. The minimum atomic E-state index is -0.383. The number of benzene rings is 1. The van der Waals surface area contributed by atoms with Crippen molar-refractivity contribution in [3.63, 3.8) is 0 Å². The van der Waals surface area contributed by atoms with E-state index in [1.807, 2.05) is 25.1 Å². The van der Waals surface area contributed by atoms with Gasteiger partial charge < -0.3 is 14.7 Å². The van der Waals surface area contributed by atoms with E-state index in [9.17, 15) is 5.11 Å². The summed E-state index contributed by atoms with van der Waals surface area (Å²) in [4.78, 5) is 2.17. The third-order valence-electron chi connectivity index (χ3n) is 3.72. The van der Waals surface area contributed by atoms with Crippen molar-refractivity contribution < 1.29 is 9.84 Å². The average molecular weight is 263 g/mol. The summed E-state index contributed by atoms with van der Waals surface area (Å²) >= 11 is 0. The van der Waals surface area contributed by atoms with Crippen molar-refractivity contribution in [2.75, 3.05) is 31.7 Å². The van der Waals surface area contributed by atoms with Crippen molar-refractivity contribution >= 4 is 5.69 Å². The number of aliphatic hydroxyl groups is 1. The van der Waals surface area contributed by atoms with E-state index in [0.717, 1.165) is 43.3 Å². The molecule has 0 saturated heterocycles. The molecule has 2 rings (SSSR count). The zero-order chi connectivity index (χ0) is 13.7. The predicted molar refractivity (Wildman–Crippen MR) is 78.5 cm³/mol. The number of anilines is 1. The first-order valence-corrected chi connectivity index (χ1v) is 7.28. The minimum Gasteiger partial charge on any atom is -0.388 e. The molecule has 0 heterocycles. The summed E-state index contributed by atoms with van der Waals surface area (Å²) < 4.78 is 5.67. The number of likely N-dealkylation sites (N-methyl/N-ethyl adjacent to an activating group) is 1. The lowest BCUT2D eigenvalue weighted by Crippen LogP contribution is -2.24. The van der Waals surface area contributed by atoms with Gasteiger partial charge >= 0.3 is 0 Å². The van der Waals surface area contributed by atoms with Crippen LogP contribution >= 0.6 is 0 Å². The summed E-state index contributed by atoms with van der Waals surface area (Å²) in [5, 5.41) is 10.1. The molecule has 1 aromatic rings. The Morgan fingerprint density at radius 1 is 1.37 bits per heavy atom. The van der Waals surface area contributed by atoms with Gasteiger partial charge in [-0.05, 0) is 31.2 Å². The van der Waals surface area contributed by atoms with Crippen LogP contribution in [0.15, 0.2) is 24.3 Å². The van der Waals surface area contributed by atoms with E-state index in [4.69, 9.17) is 4.74 Å². The lowest BCUT2D eigenvalue weighted by atomic mass is 10.0. The lowest BCUT2D eigenvalue weighted by molar-refractivity contribution is 0.130. The highest BCUT2D eigenvalue weighted by atomic mass is 16.5. The van der Waals surface area contributed by atoms with Gasteiger partial charge in [0.05, 0.1) is 12.7 Å². The van der Waals surface area contributed by atoms with Crippen LogP contribution in [0.25, 0.3) is 0 Å². The van der Waals surface area contributed by atoms with Gasteiger partial charge in [0, 0.05) is 31.5 Å². The molecule has 0 aliphatic heterocycles. The standard InChI is InChI=1S/C16H25NO2/c1-3-16(18)14-6-4-5-7-15(14)17(2)10-11-19-12-13-8-9-13/h4-7,13,16,18H,3,8-12H2,1-2H3. The van der Waals surface area contributed by atoms with Gasteiger partial charge in [0.25, 0.3) is 0 Å². The van der Waals surface area contributed by atoms with Crippen molar-refractivity contribution in [3.8, 4) is 0 Å². The first kappa shape index (κ1) is 14.4. The van der Waals surface area contributed by atoms with Gasteiger partial charge in [-0.1, -0.05) is 25.1 Å². The van der Waals surface area contributed by atoms with E-state index in [2.05, 4.69) is 18.0 Å². The molecular weight excluding hydrogens is 238 g/mol. The van der Waals surface area contributed by atoms with E-state index in [-0.39, 0.29) is 6.10 Å². The van der Waals surface area contributed by atoms with Crippen LogP contribution in [0.5, 0.6) is 0 Å². The Labute approximate surface area is 116 Å². The highest BCUT2D eigenvalue weighted by molar-refractivity contribution is 5.54. The molecule has 0 spiro atoms. The van der Waals surface area contributed by atoms with E-state index < -0.39 is 0 Å². The Hall–Kier alpha value is -1.06. The van der Waals surface area contributed by atoms with Crippen molar-refractivity contribution in [2.24, 2.45) is 5.92 Å². The second-order valence-corrected chi connectivity index (χ2v) is 5.42. The maximum absolute atomic E-state index is 10.1. The molecule has 3 nitrogen and oxygen atoms in total. The lowest BCUT2D eigenvalue weighted by Gasteiger charge is -2.24. The normalized spacial score (nSPS) is 16.4. The smallest absolute Gasteiger partial charge is 0.0807 e. The molecule has 0 amide bonds. The number of ether oxygens (including phenoxy) is 1. The molecule has 1 unspecified atom stereocenters. The van der Waals surface area contributed by atoms with Crippen LogP contribution in [0.3, 0.4) is 0 Å². The fourth-order valence-corrected chi connectivity index (χ4v) is 2.19. The summed E-state index contributed by atoms with van der Waals surface area (Å²) in [6, 6.07) is 8.07. The van der Waals surface area contributed by atoms with Gasteiger partial charge in [-0.3, -0.25) is 0 Å². The van der Waals surface area contributed by atoms with Gasteiger partial charge in [0.15, 0.2) is 0 Å². The number of hydrogen-bond acceptors (Lipinski definition) is 3. The summed E-state index contributed by atoms with van der Waals surface area (Å²) in [5.41, 5.74) is 2.11. The van der Waals surface area contributed by atoms with Crippen LogP contribution in [0.2, 0.25) is 0 Å². The molecule has 1 atom stereocenters. The molecule has 0 aromatic heterocycles. The maximum Gasteiger partial charge on any atom is 0.0807 e. The fraction of sp³-hybridized carbons (Fsp3) is 0.625. The molecule has 19 heavy (non-hydrogen) atoms. The summed E-state index contributed by atoms with van der Waals surface area (Å²) in [6.07, 6.45) is 3.03. The SMILES string of the molecule is CCC(O)c1ccccc1N(C)CCOCC1CC1. The van der Waals surface area contributed by atoms with Crippen molar-refractivity contribution in [1.82, 2.24) is 0 Å². The molecule has 1 aromatic carbocycles. The fourth-order valence-electron chi connectivity index (χ4n) is 2.19. The van der Waals surface area contributed by atoms with Crippen LogP contribution in [0, 0.1) is 5.92 Å². The van der Waals surface area contributed by atoms with Gasteiger partial charge in [0.2, 0.25) is 0 Å². The molecule has 0 radical (unpaired) electrons. The van der Waals surface area contributed by atoms with Gasteiger partial charge in [-0.15, -0.1) is 0 Å². The van der Waals surface area contributed by atoms with E-state index in [1.54, 1.807) is 0 Å². The van der Waals surface area contributed by atoms with Crippen LogP contribution in [-0.2, 0) is 4.74 Å². The topological polar surface area (TPSA) is 32.7 Å². The molecular formula is C16H25NO2. The molecule has 1 fully saturated rings. The first-order chi connectivity index (χ1) is 9.22. The Kier molecular flexibility index (Phi) is 5.23. The third kappa shape index (κ3) is 4.22. The molecule has 1 aliphatic rings. The van der Waals surface area contributed by atoms with Crippen molar-refractivity contribution in [3.05, 3.63) is 29.8 Å². The number of rotatable bonds is 8. The zero-order valence-corrected chi connectivity index (χ0v) is 12.0. The van der Waals surface area contributed by atoms with E-state index in [1.165, 1.54) is 12.8 Å². The average Bonchev–Trinajstić information content (AvgIpc) is 3.26. The highest BCUT2D eigenvalue weighted by Gasteiger charge is 2.21. The maximum atomic E-state index is 10.1. The molecule has 1 N–H and O–H groups in total. The Balaban J connectivity index is 1.87. The summed E-state index contributed by atoms with van der Waals surface area (Å²) in [7, 11) is 2.06. The van der Waals surface area contributed by atoms with Crippen LogP contribution in [-0.4, -0.2) is 31.9 Å². The van der Waals surface area contributed by atoms with Crippen molar-refractivity contribution in [2.45, 2.75) is 32.3 Å². The third-order valence-corrected chi connectivity index (χ3v) is 3.72. The number of nitrogens with zero attached hydrogens (tertiary/aromatic N) is 1. The molecule has 0 bridgehead atoms. The predicted octanol–water partition coefficient (Wildman–Crippen LogP) is 2.99. The second-order valence-electron chi connectivity index (χ2n) is 5.42. The zero-order valence-electron chi connectivity index (χ0n) is 12.0. The monoisotopic (exact) mass is 263 g/mol. The number of hydrogen-bond donors (Lipinski definition) is 1. The summed E-state index contributed by atoms with van der Waals surface area (Å²) in [5.74, 6) is 0.819. The van der Waals surface area contributed by atoms with Gasteiger partial charge in [-0.25, -0.2) is 0 Å². The van der Waals surface area contributed by atoms with Crippen LogP contribution in [0.4, 0.5) is 5.69 Å². The molecule has 1 saturated carbocycles. The van der Waals surface area contributed by atoms with Crippen LogP contribution in [0.1, 0.15) is 37.9 Å². The molecule has 3 heteroatoms. The Morgan fingerprint density at radius 3 is 2.79 bits per heavy atom. The highest BCUT2D eigenvalue weighted by Crippen LogP contribution is 2.29. The Morgan fingerprint density at radius 2 is 2.11 bits per heavy atom.